The molecule has 0 bridgehead atoms. The first kappa shape index (κ1) is 21.8. The molecule has 0 saturated carbocycles. The molecule has 0 spiro atoms. The normalized spacial score (nSPS) is 16.1. The number of hydrogen-bond donors (Lipinski definition) is 2. The van der Waals surface area contributed by atoms with Crippen LogP contribution in [0.4, 0.5) is 24.8 Å². The highest BCUT2D eigenvalue weighted by Crippen LogP contribution is 2.24. The van der Waals surface area contributed by atoms with Crippen LogP contribution in [0.2, 0.25) is 0 Å². The van der Waals surface area contributed by atoms with Gasteiger partial charge in [0.05, 0.1) is 31.1 Å². The lowest BCUT2D eigenvalue weighted by Crippen LogP contribution is -2.39. The number of aromatic nitrogens is 4. The van der Waals surface area contributed by atoms with Crippen molar-refractivity contribution in [1.82, 2.24) is 24.7 Å². The Labute approximate surface area is 181 Å². The van der Waals surface area contributed by atoms with E-state index < -0.39 is 30.7 Å². The lowest BCUT2D eigenvalue weighted by Gasteiger charge is -2.24. The number of imidazole rings is 1. The summed E-state index contributed by atoms with van der Waals surface area (Å²) >= 11 is 0. The summed E-state index contributed by atoms with van der Waals surface area (Å²) in [5.74, 6) is -4.18. The molecule has 3 aromatic heterocycles. The number of fused-ring (bicyclic) bond motifs is 1. The van der Waals surface area contributed by atoms with Gasteiger partial charge >= 0.3 is 0 Å². The molecule has 3 aromatic rings. The smallest absolute Gasteiger partial charge is 0.277 e. The first-order chi connectivity index (χ1) is 15.3. The zero-order valence-corrected chi connectivity index (χ0v) is 17.5. The van der Waals surface area contributed by atoms with E-state index in [0.717, 1.165) is 6.07 Å². The molecule has 1 saturated heterocycles. The Hall–Kier alpha value is -3.41. The SMILES string of the molecule is CCOc1nc(N2CCNCC(F)(F)C2)ncc1C(=O)Nc1cc(F)c2nc(C)cn2c1. The van der Waals surface area contributed by atoms with E-state index in [-0.39, 0.29) is 41.9 Å². The fraction of sp³-hybridized carbons (Fsp3) is 0.400. The molecule has 1 amide bonds. The molecular weight excluding hydrogens is 427 g/mol. The standard InChI is InChI=1S/C20H22F3N7O2/c1-3-32-18-14(7-25-19(28-18)29-5-4-24-10-20(22,23)11-29)17(31)27-13-6-15(21)16-26-12(2)8-30(16)9-13/h6-9,24H,3-5,10-11H2,1-2H3,(H,27,31). The number of anilines is 2. The Morgan fingerprint density at radius 3 is 2.94 bits per heavy atom. The van der Waals surface area contributed by atoms with Crippen LogP contribution in [0.25, 0.3) is 5.65 Å². The van der Waals surface area contributed by atoms with Crippen LogP contribution in [0, 0.1) is 12.7 Å². The minimum atomic E-state index is -2.95. The molecule has 4 heterocycles. The molecule has 1 fully saturated rings. The Bertz CT molecular complexity index is 1150. The minimum Gasteiger partial charge on any atom is -0.477 e. The van der Waals surface area contributed by atoms with Crippen LogP contribution in [0.1, 0.15) is 23.0 Å². The summed E-state index contributed by atoms with van der Waals surface area (Å²) in [6.07, 6.45) is 4.37. The molecule has 0 unspecified atom stereocenters. The molecule has 170 valence electrons. The quantitative estimate of drug-likeness (QED) is 0.617. The third-order valence-corrected chi connectivity index (χ3v) is 4.80. The van der Waals surface area contributed by atoms with Gasteiger partial charge in [0.25, 0.3) is 11.8 Å². The second-order valence-electron chi connectivity index (χ2n) is 7.42. The number of nitrogens with zero attached hydrogens (tertiary/aromatic N) is 5. The largest absolute Gasteiger partial charge is 0.477 e. The van der Waals surface area contributed by atoms with Crippen LogP contribution >= 0.6 is 0 Å². The van der Waals surface area contributed by atoms with Crippen molar-refractivity contribution in [3.63, 3.8) is 0 Å². The van der Waals surface area contributed by atoms with E-state index in [9.17, 15) is 18.0 Å². The number of rotatable bonds is 5. The van der Waals surface area contributed by atoms with Gasteiger partial charge in [0.1, 0.15) is 5.56 Å². The zero-order valence-electron chi connectivity index (χ0n) is 17.5. The van der Waals surface area contributed by atoms with Crippen molar-refractivity contribution in [3.8, 4) is 5.88 Å². The predicted octanol–water partition coefficient (Wildman–Crippen LogP) is 2.27. The van der Waals surface area contributed by atoms with Crippen LogP contribution < -0.4 is 20.3 Å². The number of amides is 1. The highest BCUT2D eigenvalue weighted by molar-refractivity contribution is 6.05. The lowest BCUT2D eigenvalue weighted by molar-refractivity contribution is 0.0154. The fourth-order valence-electron chi connectivity index (χ4n) is 3.43. The van der Waals surface area contributed by atoms with Crippen LogP contribution in [-0.2, 0) is 0 Å². The number of nitrogens with one attached hydrogen (secondary N) is 2. The molecule has 0 aromatic carbocycles. The van der Waals surface area contributed by atoms with Gasteiger partial charge in [-0.25, -0.2) is 23.1 Å². The van der Waals surface area contributed by atoms with Crippen LogP contribution in [0.3, 0.4) is 0 Å². The zero-order chi connectivity index (χ0) is 22.9. The van der Waals surface area contributed by atoms with E-state index in [0.29, 0.717) is 12.2 Å². The number of halogens is 3. The fourth-order valence-corrected chi connectivity index (χ4v) is 3.43. The van der Waals surface area contributed by atoms with Crippen molar-refractivity contribution in [2.24, 2.45) is 0 Å². The maximum atomic E-state index is 14.3. The predicted molar refractivity (Wildman–Crippen MR) is 111 cm³/mol. The van der Waals surface area contributed by atoms with E-state index >= 15 is 0 Å². The molecule has 1 aliphatic rings. The maximum Gasteiger partial charge on any atom is 0.277 e. The number of hydrogen-bond acceptors (Lipinski definition) is 7. The summed E-state index contributed by atoms with van der Waals surface area (Å²) in [4.78, 5) is 26.6. The van der Waals surface area contributed by atoms with Gasteiger partial charge < -0.3 is 24.7 Å². The van der Waals surface area contributed by atoms with Gasteiger partial charge in [-0.15, -0.1) is 0 Å². The van der Waals surface area contributed by atoms with Gasteiger partial charge in [-0.3, -0.25) is 4.79 Å². The molecule has 32 heavy (non-hydrogen) atoms. The first-order valence-corrected chi connectivity index (χ1v) is 10.1. The molecule has 4 rings (SSSR count). The average Bonchev–Trinajstić information content (AvgIpc) is 3.00. The van der Waals surface area contributed by atoms with Gasteiger partial charge in [0.2, 0.25) is 11.8 Å². The lowest BCUT2D eigenvalue weighted by atomic mass is 10.3. The Balaban J connectivity index is 1.60. The summed E-state index contributed by atoms with van der Waals surface area (Å²) < 4.78 is 49.2. The molecule has 0 aliphatic carbocycles. The Kier molecular flexibility index (Phi) is 5.87. The molecule has 0 atom stereocenters. The molecule has 1 aliphatic heterocycles. The third kappa shape index (κ3) is 4.59. The molecule has 9 nitrogen and oxygen atoms in total. The number of carbonyl (C=O) groups excluding carboxylic acids is 1. The van der Waals surface area contributed by atoms with Crippen molar-refractivity contribution in [1.29, 1.82) is 0 Å². The van der Waals surface area contributed by atoms with Crippen molar-refractivity contribution in [2.45, 2.75) is 19.8 Å². The maximum absolute atomic E-state index is 14.3. The van der Waals surface area contributed by atoms with Crippen LogP contribution in [0.5, 0.6) is 5.88 Å². The highest BCUT2D eigenvalue weighted by Gasteiger charge is 2.35. The van der Waals surface area contributed by atoms with E-state index in [1.165, 1.54) is 21.7 Å². The van der Waals surface area contributed by atoms with E-state index in [1.54, 1.807) is 20.0 Å². The van der Waals surface area contributed by atoms with Gasteiger partial charge in [0.15, 0.2) is 11.5 Å². The van der Waals surface area contributed by atoms with Gasteiger partial charge in [-0.2, -0.15) is 4.98 Å². The Morgan fingerprint density at radius 2 is 2.16 bits per heavy atom. The van der Waals surface area contributed by atoms with Crippen molar-refractivity contribution >= 4 is 23.2 Å². The van der Waals surface area contributed by atoms with Crippen molar-refractivity contribution < 1.29 is 22.7 Å². The molecule has 12 heteroatoms. The summed E-state index contributed by atoms with van der Waals surface area (Å²) in [5, 5.41) is 5.26. The summed E-state index contributed by atoms with van der Waals surface area (Å²) in [7, 11) is 0. The second kappa shape index (κ2) is 8.61. The van der Waals surface area contributed by atoms with Gasteiger partial charge in [-0.1, -0.05) is 0 Å². The van der Waals surface area contributed by atoms with Crippen molar-refractivity contribution in [3.05, 3.63) is 41.7 Å². The van der Waals surface area contributed by atoms with E-state index in [4.69, 9.17) is 4.74 Å². The molecule has 2 N–H and O–H groups in total. The number of alkyl halides is 2. The number of aryl methyl sites for hydroxylation is 1. The third-order valence-electron chi connectivity index (χ3n) is 4.80. The first-order valence-electron chi connectivity index (χ1n) is 10.1. The summed E-state index contributed by atoms with van der Waals surface area (Å²) in [6, 6.07) is 1.15. The number of ether oxygens (including phenoxy) is 1. The number of carbonyl (C=O) groups is 1. The number of pyridine rings is 1. The average molecular weight is 449 g/mol. The second-order valence-corrected chi connectivity index (χ2v) is 7.42. The van der Waals surface area contributed by atoms with E-state index in [1.807, 2.05) is 0 Å². The van der Waals surface area contributed by atoms with E-state index in [2.05, 4.69) is 25.6 Å². The summed E-state index contributed by atoms with van der Waals surface area (Å²) in [6.45, 7) is 3.26. The van der Waals surface area contributed by atoms with Gasteiger partial charge in [-0.05, 0) is 13.8 Å². The van der Waals surface area contributed by atoms with Crippen molar-refractivity contribution in [2.75, 3.05) is 43.0 Å². The Morgan fingerprint density at radius 1 is 1.34 bits per heavy atom. The minimum absolute atomic E-state index is 0.00220. The van der Waals surface area contributed by atoms with Crippen LogP contribution in [0.15, 0.2) is 24.7 Å². The summed E-state index contributed by atoms with van der Waals surface area (Å²) in [5.41, 5.74) is 0.969. The molecule has 0 radical (unpaired) electrons. The molecular formula is C20H22F3N7O2. The van der Waals surface area contributed by atoms with Crippen LogP contribution in [-0.4, -0.2) is 64.0 Å². The monoisotopic (exact) mass is 449 g/mol. The highest BCUT2D eigenvalue weighted by atomic mass is 19.3. The topological polar surface area (TPSA) is 96.7 Å². The van der Waals surface area contributed by atoms with Gasteiger partial charge in [0, 0.05) is 37.7 Å².